The minimum Gasteiger partial charge on any atom is -0.454 e. The average Bonchev–Trinajstić information content (AvgIpc) is 2.48. The summed E-state index contributed by atoms with van der Waals surface area (Å²) in [5.41, 5.74) is 0.915. The molecule has 0 atom stereocenters. The molecule has 1 aromatic carbocycles. The minimum absolute atomic E-state index is 0.281. The molecule has 0 fully saturated rings. The topological polar surface area (TPSA) is 18.5 Å². The summed E-state index contributed by atoms with van der Waals surface area (Å²) >= 11 is 9.31. The first-order valence-corrected chi connectivity index (χ1v) is 4.61. The summed E-state index contributed by atoms with van der Waals surface area (Å²) in [6.07, 6.45) is 0. The monoisotopic (exact) mass is 248 g/mol. The van der Waals surface area contributed by atoms with Gasteiger partial charge in [-0.3, -0.25) is 0 Å². The number of benzene rings is 1. The van der Waals surface area contributed by atoms with Crippen molar-refractivity contribution in [2.45, 2.75) is 6.92 Å². The molecule has 0 saturated carbocycles. The smallest absolute Gasteiger partial charge is 0.231 e. The Bertz CT molecular complexity index is 338. The third kappa shape index (κ3) is 1.08. The summed E-state index contributed by atoms with van der Waals surface area (Å²) in [5.74, 6) is 1.51. The quantitative estimate of drug-likeness (QED) is 0.703. The van der Waals surface area contributed by atoms with Gasteiger partial charge < -0.3 is 9.47 Å². The number of hydrogen-bond acceptors (Lipinski definition) is 2. The zero-order chi connectivity index (χ0) is 8.72. The van der Waals surface area contributed by atoms with E-state index in [9.17, 15) is 0 Å². The van der Waals surface area contributed by atoms with E-state index in [1.54, 1.807) is 0 Å². The standard InChI is InChI=1S/C8H6BrClO2/c1-4-7(10)5(9)2-6-8(4)12-3-11-6/h2H,3H2,1H3. The van der Waals surface area contributed by atoms with Crippen molar-refractivity contribution in [3.8, 4) is 11.5 Å². The van der Waals surface area contributed by atoms with Crippen LogP contribution in [0.15, 0.2) is 10.5 Å². The molecular weight excluding hydrogens is 243 g/mol. The zero-order valence-corrected chi connectivity index (χ0v) is 8.70. The van der Waals surface area contributed by atoms with Crippen LogP contribution in [0.3, 0.4) is 0 Å². The summed E-state index contributed by atoms with van der Waals surface area (Å²) < 4.78 is 11.3. The second kappa shape index (κ2) is 2.82. The van der Waals surface area contributed by atoms with Crippen LogP contribution in [-0.4, -0.2) is 6.79 Å². The number of halogens is 2. The van der Waals surface area contributed by atoms with E-state index in [1.165, 1.54) is 0 Å². The van der Waals surface area contributed by atoms with Gasteiger partial charge in [0.1, 0.15) is 0 Å². The summed E-state index contributed by atoms with van der Waals surface area (Å²) in [6.45, 7) is 2.18. The first-order chi connectivity index (χ1) is 5.70. The zero-order valence-electron chi connectivity index (χ0n) is 6.36. The summed E-state index contributed by atoms with van der Waals surface area (Å²) in [4.78, 5) is 0. The first kappa shape index (κ1) is 8.20. The van der Waals surface area contributed by atoms with Gasteiger partial charge in [-0.25, -0.2) is 0 Å². The molecular formula is C8H6BrClO2. The molecule has 64 valence electrons. The molecule has 2 rings (SSSR count). The van der Waals surface area contributed by atoms with Crippen molar-refractivity contribution >= 4 is 27.5 Å². The lowest BCUT2D eigenvalue weighted by atomic mass is 10.2. The molecule has 4 heteroatoms. The summed E-state index contributed by atoms with van der Waals surface area (Å²) in [6, 6.07) is 1.82. The van der Waals surface area contributed by atoms with Crippen molar-refractivity contribution < 1.29 is 9.47 Å². The van der Waals surface area contributed by atoms with Crippen LogP contribution in [0.4, 0.5) is 0 Å². The Labute approximate surface area is 83.6 Å². The highest BCUT2D eigenvalue weighted by atomic mass is 79.9. The maximum absolute atomic E-state index is 5.98. The molecule has 12 heavy (non-hydrogen) atoms. The number of ether oxygens (including phenoxy) is 2. The van der Waals surface area contributed by atoms with Gasteiger partial charge in [0.15, 0.2) is 11.5 Å². The number of fused-ring (bicyclic) bond motifs is 1. The van der Waals surface area contributed by atoms with Crippen LogP contribution in [0.2, 0.25) is 5.02 Å². The molecule has 0 aromatic heterocycles. The Kier molecular flexibility index (Phi) is 1.93. The normalized spacial score (nSPS) is 13.6. The minimum atomic E-state index is 0.281. The van der Waals surface area contributed by atoms with Crippen LogP contribution < -0.4 is 9.47 Å². The van der Waals surface area contributed by atoms with E-state index in [2.05, 4.69) is 15.9 Å². The van der Waals surface area contributed by atoms with Crippen LogP contribution in [0.5, 0.6) is 11.5 Å². The van der Waals surface area contributed by atoms with Gasteiger partial charge in [0.05, 0.1) is 5.02 Å². The van der Waals surface area contributed by atoms with Gasteiger partial charge in [-0.2, -0.15) is 0 Å². The Hall–Kier alpha value is -0.410. The molecule has 1 aromatic rings. The molecule has 0 unspecified atom stereocenters. The van der Waals surface area contributed by atoms with E-state index in [1.807, 2.05) is 13.0 Å². The van der Waals surface area contributed by atoms with Crippen molar-refractivity contribution in [3.05, 3.63) is 21.1 Å². The van der Waals surface area contributed by atoms with E-state index in [0.29, 0.717) is 5.02 Å². The Balaban J connectivity index is 2.67. The van der Waals surface area contributed by atoms with Crippen LogP contribution in [0, 0.1) is 6.92 Å². The molecule has 0 bridgehead atoms. The highest BCUT2D eigenvalue weighted by molar-refractivity contribution is 9.10. The van der Waals surface area contributed by atoms with E-state index >= 15 is 0 Å². The van der Waals surface area contributed by atoms with Crippen molar-refractivity contribution in [3.63, 3.8) is 0 Å². The van der Waals surface area contributed by atoms with Crippen LogP contribution in [0.25, 0.3) is 0 Å². The van der Waals surface area contributed by atoms with E-state index in [0.717, 1.165) is 21.5 Å². The lowest BCUT2D eigenvalue weighted by molar-refractivity contribution is 0.173. The van der Waals surface area contributed by atoms with E-state index in [-0.39, 0.29) is 6.79 Å². The van der Waals surface area contributed by atoms with Gasteiger partial charge in [0.2, 0.25) is 6.79 Å². The fourth-order valence-corrected chi connectivity index (χ4v) is 1.79. The van der Waals surface area contributed by atoms with Gasteiger partial charge in [-0.1, -0.05) is 11.6 Å². The van der Waals surface area contributed by atoms with Gasteiger partial charge in [0.25, 0.3) is 0 Å². The Morgan fingerprint density at radius 2 is 2.25 bits per heavy atom. The molecule has 0 spiro atoms. The summed E-state index contributed by atoms with van der Waals surface area (Å²) in [5, 5.41) is 0.680. The van der Waals surface area contributed by atoms with E-state index in [4.69, 9.17) is 21.1 Å². The van der Waals surface area contributed by atoms with Crippen molar-refractivity contribution in [2.75, 3.05) is 6.79 Å². The highest BCUT2D eigenvalue weighted by Gasteiger charge is 2.19. The maximum Gasteiger partial charge on any atom is 0.231 e. The Morgan fingerprint density at radius 1 is 1.50 bits per heavy atom. The molecule has 2 nitrogen and oxygen atoms in total. The van der Waals surface area contributed by atoms with Crippen molar-refractivity contribution in [1.29, 1.82) is 0 Å². The van der Waals surface area contributed by atoms with E-state index < -0.39 is 0 Å². The predicted molar refractivity (Wildman–Crippen MR) is 50.0 cm³/mol. The van der Waals surface area contributed by atoms with Crippen LogP contribution >= 0.6 is 27.5 Å². The Morgan fingerprint density at radius 3 is 3.00 bits per heavy atom. The average molecular weight is 249 g/mol. The third-order valence-electron chi connectivity index (χ3n) is 1.78. The van der Waals surface area contributed by atoms with Gasteiger partial charge >= 0.3 is 0 Å². The summed E-state index contributed by atoms with van der Waals surface area (Å²) in [7, 11) is 0. The third-order valence-corrected chi connectivity index (χ3v) is 3.12. The second-order valence-electron chi connectivity index (χ2n) is 2.53. The fourth-order valence-electron chi connectivity index (χ4n) is 1.15. The number of rotatable bonds is 0. The molecule has 0 radical (unpaired) electrons. The molecule has 0 N–H and O–H groups in total. The molecule has 0 aliphatic carbocycles. The number of hydrogen-bond donors (Lipinski definition) is 0. The second-order valence-corrected chi connectivity index (χ2v) is 3.76. The fraction of sp³-hybridized carbons (Fsp3) is 0.250. The molecule has 0 amide bonds. The lowest BCUT2D eigenvalue weighted by Crippen LogP contribution is -1.93. The predicted octanol–water partition coefficient (Wildman–Crippen LogP) is 3.14. The molecule has 1 aliphatic rings. The first-order valence-electron chi connectivity index (χ1n) is 3.44. The van der Waals surface area contributed by atoms with Crippen LogP contribution in [-0.2, 0) is 0 Å². The van der Waals surface area contributed by atoms with Gasteiger partial charge in [-0.05, 0) is 28.9 Å². The maximum atomic E-state index is 5.98. The van der Waals surface area contributed by atoms with Gasteiger partial charge in [0, 0.05) is 10.0 Å². The van der Waals surface area contributed by atoms with Gasteiger partial charge in [-0.15, -0.1) is 0 Å². The lowest BCUT2D eigenvalue weighted by Gasteiger charge is -2.04. The largest absolute Gasteiger partial charge is 0.454 e. The molecule has 0 saturated heterocycles. The molecule has 1 heterocycles. The van der Waals surface area contributed by atoms with Crippen LogP contribution in [0.1, 0.15) is 5.56 Å². The molecule has 1 aliphatic heterocycles. The van der Waals surface area contributed by atoms with Crippen molar-refractivity contribution in [2.24, 2.45) is 0 Å². The highest BCUT2D eigenvalue weighted by Crippen LogP contribution is 2.42. The SMILES string of the molecule is Cc1c(Cl)c(Br)cc2c1OCO2. The van der Waals surface area contributed by atoms with Crippen molar-refractivity contribution in [1.82, 2.24) is 0 Å².